The number of rotatable bonds is 10. The number of nitrogens with one attached hydrogen (secondary N) is 3. The van der Waals surface area contributed by atoms with Crippen molar-refractivity contribution in [2.75, 3.05) is 11.9 Å². The molecule has 0 unspecified atom stereocenters. The average molecular weight is 511 g/mol. The SMILES string of the molecule is O=C(Cn1c(-c2ccccc2)ncc(NCCCc2ccc(F)cc2)c1=O)NCc1cc2cnccc2[nH]1. The molecule has 1 amide bonds. The van der Waals surface area contributed by atoms with E-state index in [1.807, 2.05) is 42.5 Å². The number of fused-ring (bicyclic) bond motifs is 1. The van der Waals surface area contributed by atoms with Crippen molar-refractivity contribution in [1.82, 2.24) is 24.8 Å². The van der Waals surface area contributed by atoms with E-state index in [4.69, 9.17) is 0 Å². The second kappa shape index (κ2) is 11.5. The van der Waals surface area contributed by atoms with Crippen LogP contribution >= 0.6 is 0 Å². The quantitative estimate of drug-likeness (QED) is 0.243. The highest BCUT2D eigenvalue weighted by Gasteiger charge is 2.15. The number of anilines is 1. The lowest BCUT2D eigenvalue weighted by Crippen LogP contribution is -2.34. The van der Waals surface area contributed by atoms with Crippen LogP contribution in [0.4, 0.5) is 10.1 Å². The average Bonchev–Trinajstić information content (AvgIpc) is 3.36. The number of H-pyrrole nitrogens is 1. The Balaban J connectivity index is 1.29. The molecule has 0 fully saturated rings. The summed E-state index contributed by atoms with van der Waals surface area (Å²) in [7, 11) is 0. The van der Waals surface area contributed by atoms with Crippen LogP contribution in [0.25, 0.3) is 22.3 Å². The summed E-state index contributed by atoms with van der Waals surface area (Å²) in [4.78, 5) is 38.2. The topological polar surface area (TPSA) is 105 Å². The molecule has 9 heteroatoms. The molecule has 3 aromatic heterocycles. The van der Waals surface area contributed by atoms with Crippen LogP contribution in [0, 0.1) is 5.82 Å². The van der Waals surface area contributed by atoms with Gasteiger partial charge in [-0.2, -0.15) is 0 Å². The number of aryl methyl sites for hydroxylation is 1. The van der Waals surface area contributed by atoms with E-state index in [0.29, 0.717) is 18.1 Å². The molecule has 0 radical (unpaired) electrons. The molecule has 3 heterocycles. The Morgan fingerprint density at radius 1 is 1.03 bits per heavy atom. The van der Waals surface area contributed by atoms with Crippen LogP contribution in [0.15, 0.2) is 90.1 Å². The van der Waals surface area contributed by atoms with Crippen molar-refractivity contribution < 1.29 is 9.18 Å². The summed E-state index contributed by atoms with van der Waals surface area (Å²) < 4.78 is 14.5. The van der Waals surface area contributed by atoms with Crippen LogP contribution in [-0.2, 0) is 24.3 Å². The molecule has 38 heavy (non-hydrogen) atoms. The Bertz CT molecular complexity index is 1560. The zero-order valence-electron chi connectivity index (χ0n) is 20.7. The van der Waals surface area contributed by atoms with Gasteiger partial charge in [-0.25, -0.2) is 9.37 Å². The van der Waals surface area contributed by atoms with Crippen molar-refractivity contribution in [1.29, 1.82) is 0 Å². The third kappa shape index (κ3) is 5.95. The number of halogens is 1. The number of pyridine rings is 1. The lowest BCUT2D eigenvalue weighted by molar-refractivity contribution is -0.121. The van der Waals surface area contributed by atoms with E-state index in [2.05, 4.69) is 25.6 Å². The number of hydrogen-bond acceptors (Lipinski definition) is 5. The Kier molecular flexibility index (Phi) is 7.54. The van der Waals surface area contributed by atoms with Gasteiger partial charge in [-0.05, 0) is 42.7 Å². The Morgan fingerprint density at radius 2 is 1.84 bits per heavy atom. The van der Waals surface area contributed by atoms with E-state index in [-0.39, 0.29) is 30.4 Å². The summed E-state index contributed by atoms with van der Waals surface area (Å²) in [6, 6.07) is 19.5. The molecule has 0 spiro atoms. The van der Waals surface area contributed by atoms with E-state index in [1.165, 1.54) is 22.9 Å². The summed E-state index contributed by atoms with van der Waals surface area (Å²) in [6.07, 6.45) is 6.45. The Labute approximate surface area is 218 Å². The van der Waals surface area contributed by atoms with Gasteiger partial charge in [0.15, 0.2) is 0 Å². The minimum atomic E-state index is -0.326. The first-order chi connectivity index (χ1) is 18.6. The lowest BCUT2D eigenvalue weighted by atomic mass is 10.1. The van der Waals surface area contributed by atoms with Crippen molar-refractivity contribution in [2.45, 2.75) is 25.9 Å². The lowest BCUT2D eigenvalue weighted by Gasteiger charge is -2.15. The summed E-state index contributed by atoms with van der Waals surface area (Å²) in [5.74, 6) is -0.157. The molecule has 5 rings (SSSR count). The molecule has 0 saturated heterocycles. The fourth-order valence-corrected chi connectivity index (χ4v) is 4.27. The second-order valence-electron chi connectivity index (χ2n) is 8.94. The normalized spacial score (nSPS) is 11.0. The molecule has 8 nitrogen and oxygen atoms in total. The van der Waals surface area contributed by atoms with Crippen LogP contribution < -0.4 is 16.2 Å². The maximum atomic E-state index is 13.4. The molecule has 0 bridgehead atoms. The van der Waals surface area contributed by atoms with E-state index in [1.54, 1.807) is 24.5 Å². The standard InChI is InChI=1S/C29H27FN6O2/c30-23-10-8-20(9-11-23)5-4-13-32-26-18-34-28(21-6-2-1-3-7-21)36(29(26)38)19-27(37)33-17-24-15-22-16-31-14-12-25(22)35-24/h1-3,6-12,14-16,18,32,35H,4-5,13,17,19H2,(H,33,37). The van der Waals surface area contributed by atoms with Gasteiger partial charge in [-0.15, -0.1) is 0 Å². The van der Waals surface area contributed by atoms with Crippen molar-refractivity contribution in [3.8, 4) is 11.4 Å². The maximum absolute atomic E-state index is 13.4. The van der Waals surface area contributed by atoms with E-state index >= 15 is 0 Å². The molecule has 0 aliphatic carbocycles. The number of nitrogens with zero attached hydrogens (tertiary/aromatic N) is 3. The predicted molar refractivity (Wildman–Crippen MR) is 145 cm³/mol. The number of carbonyl (C=O) groups excluding carboxylic acids is 1. The molecular formula is C29H27FN6O2. The zero-order valence-corrected chi connectivity index (χ0v) is 20.7. The smallest absolute Gasteiger partial charge is 0.277 e. The minimum Gasteiger partial charge on any atom is -0.379 e. The fraction of sp³-hybridized carbons (Fsp3) is 0.172. The fourth-order valence-electron chi connectivity index (χ4n) is 4.27. The van der Waals surface area contributed by atoms with Crippen LogP contribution in [0.2, 0.25) is 0 Å². The van der Waals surface area contributed by atoms with Gasteiger partial charge in [0.25, 0.3) is 5.56 Å². The summed E-state index contributed by atoms with van der Waals surface area (Å²) in [6.45, 7) is 0.640. The summed E-state index contributed by atoms with van der Waals surface area (Å²) in [5, 5.41) is 6.99. The number of amides is 1. The van der Waals surface area contributed by atoms with Gasteiger partial charge in [0, 0.05) is 41.1 Å². The Morgan fingerprint density at radius 3 is 2.63 bits per heavy atom. The van der Waals surface area contributed by atoms with Gasteiger partial charge in [0.2, 0.25) is 5.91 Å². The minimum absolute atomic E-state index is 0.178. The van der Waals surface area contributed by atoms with Crippen LogP contribution in [-0.4, -0.2) is 32.0 Å². The molecule has 192 valence electrons. The summed E-state index contributed by atoms with van der Waals surface area (Å²) in [5.41, 5.74) is 3.53. The van der Waals surface area contributed by atoms with Crippen LogP contribution in [0.3, 0.4) is 0 Å². The first-order valence-corrected chi connectivity index (χ1v) is 12.4. The monoisotopic (exact) mass is 510 g/mol. The molecule has 5 aromatic rings. The van der Waals surface area contributed by atoms with Crippen LogP contribution in [0.1, 0.15) is 17.7 Å². The summed E-state index contributed by atoms with van der Waals surface area (Å²) >= 11 is 0. The zero-order chi connectivity index (χ0) is 26.3. The third-order valence-corrected chi connectivity index (χ3v) is 6.20. The predicted octanol–water partition coefficient (Wildman–Crippen LogP) is 4.29. The third-order valence-electron chi connectivity index (χ3n) is 6.20. The molecule has 0 aliphatic heterocycles. The van der Waals surface area contributed by atoms with E-state index < -0.39 is 0 Å². The van der Waals surface area contributed by atoms with Crippen molar-refractivity contribution >= 4 is 22.5 Å². The van der Waals surface area contributed by atoms with Crippen LogP contribution in [0.5, 0.6) is 0 Å². The van der Waals surface area contributed by atoms with Crippen molar-refractivity contribution in [3.05, 3.63) is 113 Å². The molecule has 0 atom stereocenters. The molecule has 2 aromatic carbocycles. The van der Waals surface area contributed by atoms with Gasteiger partial charge in [-0.1, -0.05) is 42.5 Å². The van der Waals surface area contributed by atoms with Gasteiger partial charge in [-0.3, -0.25) is 19.1 Å². The number of aromatic nitrogens is 4. The van der Waals surface area contributed by atoms with Gasteiger partial charge in [0.05, 0.1) is 12.7 Å². The second-order valence-corrected chi connectivity index (χ2v) is 8.94. The first-order valence-electron chi connectivity index (χ1n) is 12.4. The van der Waals surface area contributed by atoms with Gasteiger partial charge >= 0.3 is 0 Å². The van der Waals surface area contributed by atoms with Crippen molar-refractivity contribution in [2.24, 2.45) is 0 Å². The maximum Gasteiger partial charge on any atom is 0.277 e. The number of benzene rings is 2. The number of hydrogen-bond donors (Lipinski definition) is 3. The highest BCUT2D eigenvalue weighted by Crippen LogP contribution is 2.17. The highest BCUT2D eigenvalue weighted by atomic mass is 19.1. The largest absolute Gasteiger partial charge is 0.379 e. The van der Waals surface area contributed by atoms with Crippen molar-refractivity contribution in [3.63, 3.8) is 0 Å². The molecule has 0 aliphatic rings. The van der Waals surface area contributed by atoms with Gasteiger partial charge in [0.1, 0.15) is 23.9 Å². The van der Waals surface area contributed by atoms with E-state index in [9.17, 15) is 14.0 Å². The molecule has 0 saturated carbocycles. The van der Waals surface area contributed by atoms with E-state index in [0.717, 1.165) is 40.6 Å². The van der Waals surface area contributed by atoms with Gasteiger partial charge < -0.3 is 15.6 Å². The first kappa shape index (κ1) is 24.9. The molecule has 3 N–H and O–H groups in total. The molecular weight excluding hydrogens is 483 g/mol. The Hall–Kier alpha value is -4.79. The highest BCUT2D eigenvalue weighted by molar-refractivity contribution is 5.80. The number of aromatic amines is 1. The number of carbonyl (C=O) groups is 1.